The van der Waals surface area contributed by atoms with Crippen LogP contribution in [0.2, 0.25) is 0 Å². The van der Waals surface area contributed by atoms with Gasteiger partial charge in [-0.25, -0.2) is 19.0 Å². The number of aromatic nitrogens is 6. The summed E-state index contributed by atoms with van der Waals surface area (Å²) >= 11 is 0. The Labute approximate surface area is 187 Å². The van der Waals surface area contributed by atoms with Gasteiger partial charge in [-0.1, -0.05) is 24.3 Å². The first kappa shape index (κ1) is 20.6. The molecule has 33 heavy (non-hydrogen) atoms. The van der Waals surface area contributed by atoms with Crippen LogP contribution in [-0.4, -0.2) is 41.3 Å². The second-order valence-electron chi connectivity index (χ2n) is 7.62. The zero-order valence-electron chi connectivity index (χ0n) is 17.6. The van der Waals surface area contributed by atoms with Crippen LogP contribution in [0.25, 0.3) is 22.1 Å². The van der Waals surface area contributed by atoms with Crippen molar-refractivity contribution >= 4 is 28.0 Å². The van der Waals surface area contributed by atoms with Crippen molar-refractivity contribution in [2.75, 3.05) is 6.54 Å². The number of halogens is 1. The van der Waals surface area contributed by atoms with E-state index in [2.05, 4.69) is 20.4 Å². The Hall–Kier alpha value is -4.34. The summed E-state index contributed by atoms with van der Waals surface area (Å²) in [7, 11) is 0. The molecule has 3 heterocycles. The van der Waals surface area contributed by atoms with Gasteiger partial charge in [0.15, 0.2) is 5.65 Å². The van der Waals surface area contributed by atoms with Crippen molar-refractivity contribution in [3.63, 3.8) is 0 Å². The Morgan fingerprint density at radius 3 is 2.76 bits per heavy atom. The van der Waals surface area contributed by atoms with Crippen LogP contribution in [0.5, 0.6) is 0 Å². The molecular formula is C23H20FN7O2. The highest BCUT2D eigenvalue weighted by Crippen LogP contribution is 2.11. The van der Waals surface area contributed by atoms with Crippen LogP contribution >= 0.6 is 0 Å². The second-order valence-corrected chi connectivity index (χ2v) is 7.62. The number of carbonyl (C=O) groups is 1. The molecule has 166 valence electrons. The first-order valence-corrected chi connectivity index (χ1v) is 10.4. The molecule has 10 heteroatoms. The van der Waals surface area contributed by atoms with Crippen LogP contribution in [-0.2, 0) is 24.4 Å². The number of nitrogens with one attached hydrogen (secondary N) is 1. The number of amides is 1. The van der Waals surface area contributed by atoms with E-state index in [4.69, 9.17) is 0 Å². The summed E-state index contributed by atoms with van der Waals surface area (Å²) in [6.45, 7) is 1.06. The van der Waals surface area contributed by atoms with E-state index < -0.39 is 0 Å². The molecule has 0 spiro atoms. The van der Waals surface area contributed by atoms with E-state index in [0.717, 1.165) is 11.0 Å². The Balaban J connectivity index is 1.23. The number of hydrogen-bond acceptors (Lipinski definition) is 5. The molecule has 0 saturated carbocycles. The maximum atomic E-state index is 13.4. The molecule has 0 fully saturated rings. The lowest BCUT2D eigenvalue weighted by Crippen LogP contribution is -2.30. The lowest BCUT2D eigenvalue weighted by atomic mass is 10.2. The molecule has 0 saturated heterocycles. The van der Waals surface area contributed by atoms with Crippen molar-refractivity contribution in [1.82, 2.24) is 34.2 Å². The monoisotopic (exact) mass is 445 g/mol. The summed E-state index contributed by atoms with van der Waals surface area (Å²) in [6, 6.07) is 13.7. The minimum absolute atomic E-state index is 0.153. The zero-order chi connectivity index (χ0) is 22.8. The SMILES string of the molecule is O=C(Cn1cnc2ccccc21)NCCn1ncc2c(=O)n(Cc3cccc(F)c3)cnc21. The zero-order valence-corrected chi connectivity index (χ0v) is 17.6. The summed E-state index contributed by atoms with van der Waals surface area (Å²) in [6.07, 6.45) is 4.53. The largest absolute Gasteiger partial charge is 0.353 e. The van der Waals surface area contributed by atoms with Crippen LogP contribution < -0.4 is 10.9 Å². The maximum Gasteiger partial charge on any atom is 0.264 e. The van der Waals surface area contributed by atoms with Crippen LogP contribution in [0.4, 0.5) is 4.39 Å². The van der Waals surface area contributed by atoms with Gasteiger partial charge in [0.1, 0.15) is 24.1 Å². The highest BCUT2D eigenvalue weighted by molar-refractivity contribution is 5.80. The average molecular weight is 445 g/mol. The average Bonchev–Trinajstić information content (AvgIpc) is 3.41. The fraction of sp³-hybridized carbons (Fsp3) is 0.174. The molecule has 3 aromatic heterocycles. The predicted molar refractivity (Wildman–Crippen MR) is 120 cm³/mol. The van der Waals surface area contributed by atoms with Gasteiger partial charge in [-0.2, -0.15) is 5.10 Å². The summed E-state index contributed by atoms with van der Waals surface area (Å²) in [5.74, 6) is -0.509. The minimum atomic E-state index is -0.356. The van der Waals surface area contributed by atoms with Gasteiger partial charge in [-0.05, 0) is 29.8 Å². The van der Waals surface area contributed by atoms with E-state index in [1.165, 1.54) is 29.2 Å². The van der Waals surface area contributed by atoms with Crippen LogP contribution in [0.1, 0.15) is 5.56 Å². The Morgan fingerprint density at radius 2 is 1.88 bits per heavy atom. The van der Waals surface area contributed by atoms with Crippen LogP contribution in [0, 0.1) is 5.82 Å². The number of hydrogen-bond donors (Lipinski definition) is 1. The number of fused-ring (bicyclic) bond motifs is 2. The standard InChI is InChI=1S/C23H20FN7O2/c24-17-5-3-4-16(10-17)12-30-15-27-22-18(23(30)33)11-28-31(22)9-8-25-21(32)13-29-14-26-19-6-1-2-7-20(19)29/h1-7,10-11,14-15H,8-9,12-13H2,(H,25,32). The first-order chi connectivity index (χ1) is 16.1. The van der Waals surface area contributed by atoms with E-state index in [-0.39, 0.29) is 30.4 Å². The molecule has 2 aromatic carbocycles. The van der Waals surface area contributed by atoms with Gasteiger partial charge < -0.3 is 9.88 Å². The van der Waals surface area contributed by atoms with Crippen LogP contribution in [0.15, 0.2) is 72.2 Å². The number of carbonyl (C=O) groups excluding carboxylic acids is 1. The molecule has 0 radical (unpaired) electrons. The molecule has 5 aromatic rings. The Bertz CT molecular complexity index is 1520. The van der Waals surface area contributed by atoms with Crippen molar-refractivity contribution in [3.8, 4) is 0 Å². The van der Waals surface area contributed by atoms with E-state index in [0.29, 0.717) is 29.7 Å². The number of imidazole rings is 1. The smallest absolute Gasteiger partial charge is 0.264 e. The lowest BCUT2D eigenvalue weighted by molar-refractivity contribution is -0.121. The van der Waals surface area contributed by atoms with E-state index in [1.54, 1.807) is 27.7 Å². The van der Waals surface area contributed by atoms with Crippen molar-refractivity contribution in [3.05, 3.63) is 89.1 Å². The van der Waals surface area contributed by atoms with Crippen molar-refractivity contribution < 1.29 is 9.18 Å². The maximum absolute atomic E-state index is 13.4. The summed E-state index contributed by atoms with van der Waals surface area (Å²) in [5.41, 5.74) is 2.57. The third-order valence-electron chi connectivity index (χ3n) is 5.35. The third kappa shape index (κ3) is 4.22. The van der Waals surface area contributed by atoms with E-state index in [9.17, 15) is 14.0 Å². The number of para-hydroxylation sites is 2. The number of nitrogens with zero attached hydrogens (tertiary/aromatic N) is 6. The van der Waals surface area contributed by atoms with Crippen LogP contribution in [0.3, 0.4) is 0 Å². The molecule has 0 aliphatic heterocycles. The molecule has 1 amide bonds. The highest BCUT2D eigenvalue weighted by atomic mass is 19.1. The van der Waals surface area contributed by atoms with Gasteiger partial charge in [-0.15, -0.1) is 0 Å². The molecule has 0 aliphatic rings. The molecule has 5 rings (SSSR count). The van der Waals surface area contributed by atoms with E-state index in [1.807, 2.05) is 24.3 Å². The highest BCUT2D eigenvalue weighted by Gasteiger charge is 2.12. The molecule has 0 unspecified atom stereocenters. The molecular weight excluding hydrogens is 425 g/mol. The van der Waals surface area contributed by atoms with Crippen molar-refractivity contribution in [2.24, 2.45) is 0 Å². The summed E-state index contributed by atoms with van der Waals surface area (Å²) in [5, 5.41) is 7.47. The molecule has 9 nitrogen and oxygen atoms in total. The van der Waals surface area contributed by atoms with Gasteiger partial charge in [0.25, 0.3) is 5.56 Å². The van der Waals surface area contributed by atoms with Gasteiger partial charge in [0.05, 0.1) is 36.6 Å². The normalized spacial score (nSPS) is 11.3. The molecule has 0 atom stereocenters. The summed E-state index contributed by atoms with van der Waals surface area (Å²) < 4.78 is 18.2. The Kier molecular flexibility index (Phi) is 5.39. The van der Waals surface area contributed by atoms with Gasteiger partial charge in [0, 0.05) is 6.54 Å². The summed E-state index contributed by atoms with van der Waals surface area (Å²) in [4.78, 5) is 33.8. The molecule has 1 N–H and O–H groups in total. The Morgan fingerprint density at radius 1 is 1.03 bits per heavy atom. The van der Waals surface area contributed by atoms with Crippen molar-refractivity contribution in [1.29, 1.82) is 0 Å². The first-order valence-electron chi connectivity index (χ1n) is 10.4. The fourth-order valence-electron chi connectivity index (χ4n) is 3.75. The predicted octanol–water partition coefficient (Wildman–Crippen LogP) is 1.95. The topological polar surface area (TPSA) is 99.6 Å². The minimum Gasteiger partial charge on any atom is -0.353 e. The third-order valence-corrected chi connectivity index (χ3v) is 5.35. The molecule has 0 aliphatic carbocycles. The lowest BCUT2D eigenvalue weighted by Gasteiger charge is -2.08. The van der Waals surface area contributed by atoms with E-state index >= 15 is 0 Å². The second kappa shape index (κ2) is 8.65. The molecule has 0 bridgehead atoms. The van der Waals surface area contributed by atoms with Gasteiger partial charge in [0.2, 0.25) is 5.91 Å². The van der Waals surface area contributed by atoms with Gasteiger partial charge in [-0.3, -0.25) is 14.2 Å². The quantitative estimate of drug-likeness (QED) is 0.413. The number of rotatable bonds is 7. The van der Waals surface area contributed by atoms with Gasteiger partial charge >= 0.3 is 0 Å². The number of benzene rings is 2. The fourth-order valence-corrected chi connectivity index (χ4v) is 3.75. The van der Waals surface area contributed by atoms with Crippen molar-refractivity contribution in [2.45, 2.75) is 19.6 Å².